The molecule has 1 aliphatic heterocycles. The molecular formula is C17H11F2NO4S. The van der Waals surface area contributed by atoms with Crippen LogP contribution in [0.2, 0.25) is 0 Å². The van der Waals surface area contributed by atoms with Crippen molar-refractivity contribution >= 4 is 27.7 Å². The number of benzene rings is 2. The Labute approximate surface area is 142 Å². The number of hydrogen-bond acceptors (Lipinski definition) is 4. The molecule has 1 aliphatic rings. The van der Waals surface area contributed by atoms with E-state index in [1.54, 1.807) is 24.3 Å². The standard InChI is InChI=1S/C17H11F2NO4S/c18-17(19)25(22,23)13-8-6-12(7-9-13)16-20-15(21)14(24-16)10-11-4-2-1-3-5-11/h1-10,17H/b14-10-. The van der Waals surface area contributed by atoms with Crippen LogP contribution in [0, 0.1) is 0 Å². The van der Waals surface area contributed by atoms with E-state index in [4.69, 9.17) is 4.74 Å². The molecule has 0 bridgehead atoms. The predicted molar refractivity (Wildman–Crippen MR) is 86.7 cm³/mol. The topological polar surface area (TPSA) is 72.8 Å². The number of halogens is 2. The maximum absolute atomic E-state index is 12.5. The number of ether oxygens (including phenoxy) is 1. The molecule has 0 fully saturated rings. The van der Waals surface area contributed by atoms with Crippen LogP contribution in [0.4, 0.5) is 8.78 Å². The molecule has 1 heterocycles. The summed E-state index contributed by atoms with van der Waals surface area (Å²) in [5.41, 5.74) is 1.05. The van der Waals surface area contributed by atoms with Crippen molar-refractivity contribution in [1.29, 1.82) is 0 Å². The van der Waals surface area contributed by atoms with E-state index in [0.29, 0.717) is 5.56 Å². The van der Waals surface area contributed by atoms with Gasteiger partial charge in [0.15, 0.2) is 5.76 Å². The Morgan fingerprint density at radius 3 is 2.24 bits per heavy atom. The summed E-state index contributed by atoms with van der Waals surface area (Å²) in [7, 11) is -4.67. The number of rotatable bonds is 4. The molecule has 0 aliphatic carbocycles. The normalized spacial score (nSPS) is 16.2. The van der Waals surface area contributed by atoms with E-state index >= 15 is 0 Å². The third kappa shape index (κ3) is 3.48. The largest absolute Gasteiger partial charge is 0.432 e. The molecule has 0 radical (unpaired) electrons. The highest BCUT2D eigenvalue weighted by molar-refractivity contribution is 7.91. The number of carbonyl (C=O) groups is 1. The molecule has 3 rings (SSSR count). The van der Waals surface area contributed by atoms with Gasteiger partial charge < -0.3 is 4.74 Å². The van der Waals surface area contributed by atoms with Crippen molar-refractivity contribution in [3.63, 3.8) is 0 Å². The molecule has 2 aromatic rings. The first-order chi connectivity index (χ1) is 11.9. The lowest BCUT2D eigenvalue weighted by atomic mass is 10.2. The quantitative estimate of drug-likeness (QED) is 0.783. The molecule has 25 heavy (non-hydrogen) atoms. The van der Waals surface area contributed by atoms with Crippen LogP contribution in [0.1, 0.15) is 11.1 Å². The Bertz CT molecular complexity index is 965. The number of amides is 1. The maximum atomic E-state index is 12.5. The third-order valence-electron chi connectivity index (χ3n) is 3.38. The van der Waals surface area contributed by atoms with E-state index in [1.165, 1.54) is 18.2 Å². The van der Waals surface area contributed by atoms with Gasteiger partial charge in [0.1, 0.15) is 0 Å². The van der Waals surface area contributed by atoms with Gasteiger partial charge in [0.2, 0.25) is 15.7 Å². The van der Waals surface area contributed by atoms with Crippen LogP contribution in [0.15, 0.2) is 70.2 Å². The zero-order chi connectivity index (χ0) is 18.0. The summed E-state index contributed by atoms with van der Waals surface area (Å²) in [6.07, 6.45) is 1.52. The maximum Gasteiger partial charge on any atom is 0.341 e. The number of hydrogen-bond donors (Lipinski definition) is 0. The average molecular weight is 363 g/mol. The fourth-order valence-corrected chi connectivity index (χ4v) is 2.84. The average Bonchev–Trinajstić information content (AvgIpc) is 2.96. The number of carbonyl (C=O) groups excluding carboxylic acids is 1. The van der Waals surface area contributed by atoms with E-state index in [-0.39, 0.29) is 11.7 Å². The molecule has 0 spiro atoms. The second-order valence-electron chi connectivity index (χ2n) is 5.07. The van der Waals surface area contributed by atoms with Crippen molar-refractivity contribution in [1.82, 2.24) is 0 Å². The molecule has 2 aromatic carbocycles. The fraction of sp³-hybridized carbons (Fsp3) is 0.0588. The van der Waals surface area contributed by atoms with Gasteiger partial charge in [-0.1, -0.05) is 30.3 Å². The van der Waals surface area contributed by atoms with Crippen LogP contribution in [-0.2, 0) is 19.4 Å². The van der Waals surface area contributed by atoms with E-state index in [2.05, 4.69) is 4.99 Å². The Kier molecular flexibility index (Phi) is 4.45. The Balaban J connectivity index is 1.83. The summed E-state index contributed by atoms with van der Waals surface area (Å²) >= 11 is 0. The van der Waals surface area contributed by atoms with Crippen molar-refractivity contribution in [3.05, 3.63) is 71.5 Å². The fourth-order valence-electron chi connectivity index (χ4n) is 2.12. The molecule has 128 valence electrons. The van der Waals surface area contributed by atoms with Crippen LogP contribution in [0.5, 0.6) is 0 Å². The molecule has 5 nitrogen and oxygen atoms in total. The Morgan fingerprint density at radius 1 is 1.00 bits per heavy atom. The summed E-state index contributed by atoms with van der Waals surface area (Å²) < 4.78 is 53.2. The van der Waals surface area contributed by atoms with E-state index in [1.807, 2.05) is 6.07 Å². The highest BCUT2D eigenvalue weighted by atomic mass is 32.2. The van der Waals surface area contributed by atoms with Crippen molar-refractivity contribution in [2.45, 2.75) is 10.7 Å². The van der Waals surface area contributed by atoms with Gasteiger partial charge in [-0.3, -0.25) is 4.79 Å². The highest BCUT2D eigenvalue weighted by Gasteiger charge is 2.28. The van der Waals surface area contributed by atoms with Crippen molar-refractivity contribution in [2.24, 2.45) is 4.99 Å². The molecule has 0 N–H and O–H groups in total. The summed E-state index contributed by atoms with van der Waals surface area (Å²) in [6, 6.07) is 13.6. The van der Waals surface area contributed by atoms with Crippen molar-refractivity contribution in [3.8, 4) is 0 Å². The van der Waals surface area contributed by atoms with E-state index in [9.17, 15) is 22.0 Å². The number of aliphatic imine (C=N–C) groups is 1. The van der Waals surface area contributed by atoms with Crippen molar-refractivity contribution in [2.75, 3.05) is 0 Å². The van der Waals surface area contributed by atoms with Gasteiger partial charge in [0.25, 0.3) is 0 Å². The zero-order valence-electron chi connectivity index (χ0n) is 12.6. The minimum Gasteiger partial charge on any atom is -0.432 e. The van der Waals surface area contributed by atoms with Gasteiger partial charge in [0.05, 0.1) is 4.90 Å². The predicted octanol–water partition coefficient (Wildman–Crippen LogP) is 3.03. The molecule has 0 saturated heterocycles. The summed E-state index contributed by atoms with van der Waals surface area (Å²) in [6.45, 7) is 0. The minimum atomic E-state index is -4.67. The van der Waals surface area contributed by atoms with Gasteiger partial charge in [-0.2, -0.15) is 13.8 Å². The van der Waals surface area contributed by atoms with Crippen LogP contribution >= 0.6 is 0 Å². The van der Waals surface area contributed by atoms with Crippen LogP contribution < -0.4 is 0 Å². The summed E-state index contributed by atoms with van der Waals surface area (Å²) in [5.74, 6) is -4.08. The molecule has 0 aromatic heterocycles. The van der Waals surface area contributed by atoms with Crippen LogP contribution in [-0.4, -0.2) is 26.0 Å². The van der Waals surface area contributed by atoms with Crippen LogP contribution in [0.3, 0.4) is 0 Å². The molecule has 8 heteroatoms. The van der Waals surface area contributed by atoms with E-state index < -0.39 is 26.4 Å². The summed E-state index contributed by atoms with van der Waals surface area (Å²) in [5, 5.41) is 0. The lowest BCUT2D eigenvalue weighted by Gasteiger charge is -2.05. The number of alkyl halides is 2. The number of nitrogens with zero attached hydrogens (tertiary/aromatic N) is 1. The Hall–Kier alpha value is -2.87. The first-order valence-electron chi connectivity index (χ1n) is 7.08. The number of sulfone groups is 1. The lowest BCUT2D eigenvalue weighted by molar-refractivity contribution is -0.115. The van der Waals surface area contributed by atoms with Crippen LogP contribution in [0.25, 0.3) is 6.08 Å². The molecule has 0 unspecified atom stereocenters. The second kappa shape index (κ2) is 6.56. The third-order valence-corrected chi connectivity index (χ3v) is 4.78. The summed E-state index contributed by atoms with van der Waals surface area (Å²) in [4.78, 5) is 15.1. The Morgan fingerprint density at radius 2 is 1.64 bits per heavy atom. The lowest BCUT2D eigenvalue weighted by Crippen LogP contribution is -2.11. The minimum absolute atomic E-state index is 0.0190. The highest BCUT2D eigenvalue weighted by Crippen LogP contribution is 2.22. The van der Waals surface area contributed by atoms with Gasteiger partial charge in [0, 0.05) is 5.56 Å². The van der Waals surface area contributed by atoms with E-state index in [0.717, 1.165) is 17.7 Å². The van der Waals surface area contributed by atoms with Gasteiger partial charge in [-0.15, -0.1) is 0 Å². The van der Waals surface area contributed by atoms with Gasteiger partial charge in [-0.05, 0) is 35.9 Å². The van der Waals surface area contributed by atoms with Gasteiger partial charge in [-0.25, -0.2) is 8.42 Å². The zero-order valence-corrected chi connectivity index (χ0v) is 13.4. The molecule has 0 saturated carbocycles. The smallest absolute Gasteiger partial charge is 0.341 e. The monoisotopic (exact) mass is 363 g/mol. The van der Waals surface area contributed by atoms with Gasteiger partial charge >= 0.3 is 11.7 Å². The second-order valence-corrected chi connectivity index (χ2v) is 6.99. The molecular weight excluding hydrogens is 352 g/mol. The first kappa shape index (κ1) is 17.0. The molecule has 0 atom stereocenters. The SMILES string of the molecule is O=C1N=C(c2ccc(S(=O)(=O)C(F)F)cc2)O/C1=C\c1ccccc1. The van der Waals surface area contributed by atoms with Crippen molar-refractivity contribution < 1.29 is 26.7 Å². The first-order valence-corrected chi connectivity index (χ1v) is 8.62. The molecule has 1 amide bonds.